The summed E-state index contributed by atoms with van der Waals surface area (Å²) in [5.74, 6) is 0.131. The molecule has 1 aromatic rings. The van der Waals surface area contributed by atoms with Crippen LogP contribution in [0.5, 0.6) is 0 Å². The van der Waals surface area contributed by atoms with Gasteiger partial charge in [-0.1, -0.05) is 0 Å². The number of hydrogen-bond donors (Lipinski definition) is 1. The van der Waals surface area contributed by atoms with Gasteiger partial charge < -0.3 is 14.8 Å². The first-order valence-electron chi connectivity index (χ1n) is 6.88. The molecule has 0 bridgehead atoms. The Balaban J connectivity index is 1.60. The number of nitrogens with one attached hydrogen (secondary N) is 1. The highest BCUT2D eigenvalue weighted by molar-refractivity contribution is 5.48. The SMILES string of the molecule is N#Cc1ccc(NCCCOCC2CCOC2)c(F)c1. The lowest BCUT2D eigenvalue weighted by atomic mass is 10.1. The number of nitrogens with zero attached hydrogens (tertiary/aromatic N) is 1. The van der Waals surface area contributed by atoms with Crippen molar-refractivity contribution in [2.45, 2.75) is 12.8 Å². The quantitative estimate of drug-likeness (QED) is 0.779. The van der Waals surface area contributed by atoms with Crippen LogP contribution in [-0.2, 0) is 9.47 Å². The lowest BCUT2D eigenvalue weighted by Gasteiger charge is -2.10. The Labute approximate surface area is 118 Å². The molecule has 5 heteroatoms. The average molecular weight is 278 g/mol. The number of benzene rings is 1. The minimum absolute atomic E-state index is 0.329. The van der Waals surface area contributed by atoms with Crippen LogP contribution < -0.4 is 5.32 Å². The van der Waals surface area contributed by atoms with Gasteiger partial charge in [-0.25, -0.2) is 4.39 Å². The van der Waals surface area contributed by atoms with Crippen molar-refractivity contribution in [3.63, 3.8) is 0 Å². The third kappa shape index (κ3) is 4.48. The van der Waals surface area contributed by atoms with Gasteiger partial charge in [0.1, 0.15) is 5.82 Å². The Bertz CT molecular complexity index is 467. The topological polar surface area (TPSA) is 54.3 Å². The minimum Gasteiger partial charge on any atom is -0.383 e. The van der Waals surface area contributed by atoms with E-state index in [9.17, 15) is 4.39 Å². The summed E-state index contributed by atoms with van der Waals surface area (Å²) in [6, 6.07) is 6.33. The van der Waals surface area contributed by atoms with Gasteiger partial charge in [0.2, 0.25) is 0 Å². The molecule has 0 saturated carbocycles. The van der Waals surface area contributed by atoms with E-state index < -0.39 is 5.82 Å². The number of anilines is 1. The first-order chi connectivity index (χ1) is 9.79. The van der Waals surface area contributed by atoms with E-state index in [-0.39, 0.29) is 0 Å². The van der Waals surface area contributed by atoms with Gasteiger partial charge in [0.15, 0.2) is 0 Å². The van der Waals surface area contributed by atoms with Crippen molar-refractivity contribution >= 4 is 5.69 Å². The van der Waals surface area contributed by atoms with E-state index in [1.165, 1.54) is 6.07 Å². The fourth-order valence-corrected chi connectivity index (χ4v) is 2.09. The Morgan fingerprint density at radius 2 is 2.40 bits per heavy atom. The van der Waals surface area contributed by atoms with Crippen molar-refractivity contribution in [2.24, 2.45) is 5.92 Å². The fourth-order valence-electron chi connectivity index (χ4n) is 2.09. The third-order valence-electron chi connectivity index (χ3n) is 3.26. The number of nitriles is 1. The van der Waals surface area contributed by atoms with Gasteiger partial charge in [-0.2, -0.15) is 5.26 Å². The van der Waals surface area contributed by atoms with Crippen LogP contribution in [0, 0.1) is 23.1 Å². The minimum atomic E-state index is -0.395. The van der Waals surface area contributed by atoms with Crippen LogP contribution in [0.4, 0.5) is 10.1 Å². The van der Waals surface area contributed by atoms with Gasteiger partial charge in [-0.3, -0.25) is 0 Å². The maximum Gasteiger partial charge on any atom is 0.147 e. The molecule has 4 nitrogen and oxygen atoms in total. The highest BCUT2D eigenvalue weighted by Crippen LogP contribution is 2.15. The highest BCUT2D eigenvalue weighted by atomic mass is 19.1. The molecule has 0 aliphatic carbocycles. The molecule has 1 unspecified atom stereocenters. The molecular formula is C15H19FN2O2. The van der Waals surface area contributed by atoms with Crippen molar-refractivity contribution in [2.75, 3.05) is 38.3 Å². The normalized spacial score (nSPS) is 17.9. The lowest BCUT2D eigenvalue weighted by molar-refractivity contribution is 0.0897. The lowest BCUT2D eigenvalue weighted by Crippen LogP contribution is -2.12. The second-order valence-corrected chi connectivity index (χ2v) is 4.89. The molecule has 20 heavy (non-hydrogen) atoms. The highest BCUT2D eigenvalue weighted by Gasteiger charge is 2.15. The summed E-state index contributed by atoms with van der Waals surface area (Å²) in [4.78, 5) is 0. The van der Waals surface area contributed by atoms with E-state index in [1.807, 2.05) is 6.07 Å². The molecule has 108 valence electrons. The van der Waals surface area contributed by atoms with Crippen molar-refractivity contribution in [1.82, 2.24) is 0 Å². The van der Waals surface area contributed by atoms with E-state index in [2.05, 4.69) is 5.32 Å². The Kier molecular flexibility index (Phi) is 5.78. The van der Waals surface area contributed by atoms with Crippen molar-refractivity contribution in [1.29, 1.82) is 5.26 Å². The molecular weight excluding hydrogens is 259 g/mol. The summed E-state index contributed by atoms with van der Waals surface area (Å²) < 4.78 is 24.4. The van der Waals surface area contributed by atoms with Gasteiger partial charge in [0.25, 0.3) is 0 Å². The first kappa shape index (κ1) is 14.8. The van der Waals surface area contributed by atoms with Crippen LogP contribution in [0.1, 0.15) is 18.4 Å². The summed E-state index contributed by atoms with van der Waals surface area (Å²) >= 11 is 0. The van der Waals surface area contributed by atoms with Crippen molar-refractivity contribution in [3.05, 3.63) is 29.6 Å². The smallest absolute Gasteiger partial charge is 0.147 e. The summed E-state index contributed by atoms with van der Waals surface area (Å²) in [5, 5.41) is 11.7. The van der Waals surface area contributed by atoms with Gasteiger partial charge in [-0.15, -0.1) is 0 Å². The zero-order valence-corrected chi connectivity index (χ0v) is 11.4. The van der Waals surface area contributed by atoms with Crippen LogP contribution in [0.2, 0.25) is 0 Å². The van der Waals surface area contributed by atoms with Crippen molar-refractivity contribution in [3.8, 4) is 6.07 Å². The molecule has 0 spiro atoms. The number of rotatable bonds is 7. The molecule has 1 N–H and O–H groups in total. The molecule has 0 aromatic heterocycles. The third-order valence-corrected chi connectivity index (χ3v) is 3.26. The van der Waals surface area contributed by atoms with Gasteiger partial charge in [0, 0.05) is 25.7 Å². The molecule has 1 aliphatic rings. The zero-order chi connectivity index (χ0) is 14.2. The molecule has 0 amide bonds. The monoisotopic (exact) mass is 278 g/mol. The van der Waals surface area contributed by atoms with Gasteiger partial charge in [0.05, 0.1) is 30.5 Å². The molecule has 1 heterocycles. The Morgan fingerprint density at radius 3 is 3.10 bits per heavy atom. The summed E-state index contributed by atoms with van der Waals surface area (Å²) in [6.07, 6.45) is 1.89. The molecule has 0 radical (unpaired) electrons. The van der Waals surface area contributed by atoms with Gasteiger partial charge >= 0.3 is 0 Å². The summed E-state index contributed by atoms with van der Waals surface area (Å²) in [6.45, 7) is 3.68. The second kappa shape index (κ2) is 7.83. The van der Waals surface area contributed by atoms with Crippen LogP contribution in [-0.4, -0.2) is 33.0 Å². The van der Waals surface area contributed by atoms with Crippen LogP contribution in [0.25, 0.3) is 0 Å². The van der Waals surface area contributed by atoms with Crippen LogP contribution in [0.15, 0.2) is 18.2 Å². The zero-order valence-electron chi connectivity index (χ0n) is 11.4. The Morgan fingerprint density at radius 1 is 1.50 bits per heavy atom. The maximum absolute atomic E-state index is 13.6. The molecule has 1 saturated heterocycles. The van der Waals surface area contributed by atoms with E-state index >= 15 is 0 Å². The van der Waals surface area contributed by atoms with Crippen LogP contribution >= 0.6 is 0 Å². The second-order valence-electron chi connectivity index (χ2n) is 4.89. The van der Waals surface area contributed by atoms with E-state index in [4.69, 9.17) is 14.7 Å². The van der Waals surface area contributed by atoms with Gasteiger partial charge in [-0.05, 0) is 31.0 Å². The van der Waals surface area contributed by atoms with E-state index in [0.29, 0.717) is 30.3 Å². The number of hydrogen-bond acceptors (Lipinski definition) is 4. The van der Waals surface area contributed by atoms with Crippen LogP contribution in [0.3, 0.4) is 0 Å². The summed E-state index contributed by atoms with van der Waals surface area (Å²) in [7, 11) is 0. The average Bonchev–Trinajstić information content (AvgIpc) is 2.97. The summed E-state index contributed by atoms with van der Waals surface area (Å²) in [5.41, 5.74) is 0.753. The molecule has 1 fully saturated rings. The maximum atomic E-state index is 13.6. The molecule has 1 aromatic carbocycles. The predicted molar refractivity (Wildman–Crippen MR) is 74.0 cm³/mol. The number of ether oxygens (including phenoxy) is 2. The van der Waals surface area contributed by atoms with Crippen molar-refractivity contribution < 1.29 is 13.9 Å². The predicted octanol–water partition coefficient (Wildman–Crippen LogP) is 2.55. The fraction of sp³-hybridized carbons (Fsp3) is 0.533. The first-order valence-corrected chi connectivity index (χ1v) is 6.88. The molecule has 1 atom stereocenters. The number of halogens is 1. The Hall–Kier alpha value is -1.64. The molecule has 2 rings (SSSR count). The van der Waals surface area contributed by atoms with E-state index in [0.717, 1.165) is 32.7 Å². The largest absolute Gasteiger partial charge is 0.383 e. The molecule has 1 aliphatic heterocycles. The standard InChI is InChI=1S/C15H19FN2O2/c16-14-8-12(9-17)2-3-15(14)18-5-1-6-19-10-13-4-7-20-11-13/h2-3,8,13,18H,1,4-7,10-11H2. The van der Waals surface area contributed by atoms with E-state index in [1.54, 1.807) is 12.1 Å².